The summed E-state index contributed by atoms with van der Waals surface area (Å²) in [6, 6.07) is 14.0. The molecule has 4 nitrogen and oxygen atoms in total. The summed E-state index contributed by atoms with van der Waals surface area (Å²) in [4.78, 5) is 0. The average molecular weight is 341 g/mol. The van der Waals surface area contributed by atoms with Crippen molar-refractivity contribution in [2.45, 2.75) is 19.8 Å². The van der Waals surface area contributed by atoms with Crippen LogP contribution in [0.25, 0.3) is 21.3 Å². The third kappa shape index (κ3) is 4.04. The van der Waals surface area contributed by atoms with E-state index in [4.69, 9.17) is 10.5 Å². The molecule has 0 amide bonds. The van der Waals surface area contributed by atoms with Crippen LogP contribution in [0.1, 0.15) is 19.8 Å². The fourth-order valence-electron chi connectivity index (χ4n) is 2.58. The number of hydrogen-bond donors (Lipinski definition) is 2. The molecular weight excluding hydrogens is 318 g/mol. The van der Waals surface area contributed by atoms with Gasteiger partial charge in [0.15, 0.2) is 0 Å². The second-order valence-electron chi connectivity index (χ2n) is 5.72. The molecule has 0 bridgehead atoms. The van der Waals surface area contributed by atoms with Crippen molar-refractivity contribution in [2.24, 2.45) is 0 Å². The monoisotopic (exact) mass is 341 g/mol. The van der Waals surface area contributed by atoms with Crippen LogP contribution in [-0.2, 0) is 0 Å². The van der Waals surface area contributed by atoms with Crippen molar-refractivity contribution in [3.63, 3.8) is 0 Å². The predicted molar refractivity (Wildman–Crippen MR) is 103 cm³/mol. The molecule has 3 N–H and O–H groups in total. The van der Waals surface area contributed by atoms with Gasteiger partial charge in [-0.2, -0.15) is 4.37 Å². The summed E-state index contributed by atoms with van der Waals surface area (Å²) in [6.07, 6.45) is 2.20. The molecule has 0 saturated heterocycles. The highest BCUT2D eigenvalue weighted by atomic mass is 32.1. The zero-order valence-electron chi connectivity index (χ0n) is 13.9. The van der Waals surface area contributed by atoms with Crippen molar-refractivity contribution in [1.82, 2.24) is 9.69 Å². The highest BCUT2D eigenvalue weighted by Gasteiger charge is 2.09. The molecule has 1 heterocycles. The van der Waals surface area contributed by atoms with E-state index in [1.54, 1.807) is 0 Å². The molecule has 0 aliphatic heterocycles. The molecule has 0 saturated carbocycles. The van der Waals surface area contributed by atoms with Gasteiger partial charge in [0.05, 0.1) is 17.0 Å². The molecule has 0 fully saturated rings. The van der Waals surface area contributed by atoms with Crippen LogP contribution in [0.3, 0.4) is 0 Å². The van der Waals surface area contributed by atoms with Crippen molar-refractivity contribution in [2.75, 3.05) is 25.4 Å². The van der Waals surface area contributed by atoms with Crippen LogP contribution in [0, 0.1) is 0 Å². The highest BCUT2D eigenvalue weighted by molar-refractivity contribution is 7.13. The summed E-state index contributed by atoms with van der Waals surface area (Å²) in [5.74, 6) is 0.915. The first-order valence-electron chi connectivity index (χ1n) is 8.37. The number of nitrogens with zero attached hydrogens (tertiary/aromatic N) is 1. The fraction of sp³-hybridized carbons (Fsp3) is 0.316. The third-order valence-electron chi connectivity index (χ3n) is 3.89. The summed E-state index contributed by atoms with van der Waals surface area (Å²) in [6.45, 7) is 4.96. The Labute approximate surface area is 146 Å². The Bertz CT molecular complexity index is 783. The molecule has 5 heteroatoms. The van der Waals surface area contributed by atoms with Crippen LogP contribution in [0.4, 0.5) is 5.69 Å². The maximum absolute atomic E-state index is 5.86. The lowest BCUT2D eigenvalue weighted by Gasteiger charge is -2.06. The molecule has 3 rings (SSSR count). The lowest BCUT2D eigenvalue weighted by atomic mass is 10.1. The van der Waals surface area contributed by atoms with Crippen LogP contribution in [0.15, 0.2) is 42.5 Å². The lowest BCUT2D eigenvalue weighted by molar-refractivity contribution is 0.306. The maximum atomic E-state index is 5.86. The SMILES string of the molecule is CCNCCCCOc1ccc2c(-c3ccc(N)cc3)nsc2c1. The Balaban J connectivity index is 1.66. The Hall–Kier alpha value is -2.11. The van der Waals surface area contributed by atoms with Crippen molar-refractivity contribution in [3.8, 4) is 17.0 Å². The van der Waals surface area contributed by atoms with E-state index in [1.165, 1.54) is 11.5 Å². The number of hydrogen-bond acceptors (Lipinski definition) is 5. The Morgan fingerprint density at radius 2 is 1.96 bits per heavy atom. The minimum atomic E-state index is 0.751. The summed E-state index contributed by atoms with van der Waals surface area (Å²) in [5.41, 5.74) is 8.62. The van der Waals surface area contributed by atoms with E-state index in [2.05, 4.69) is 28.7 Å². The van der Waals surface area contributed by atoms with Gasteiger partial charge in [0.2, 0.25) is 0 Å². The molecule has 0 spiro atoms. The van der Waals surface area contributed by atoms with Crippen LogP contribution in [0.5, 0.6) is 5.75 Å². The average Bonchev–Trinajstić information content (AvgIpc) is 3.02. The summed E-state index contributed by atoms with van der Waals surface area (Å²) < 4.78 is 11.6. The molecular formula is C19H23N3OS. The number of fused-ring (bicyclic) bond motifs is 1. The number of benzene rings is 2. The number of nitrogen functional groups attached to an aromatic ring is 1. The number of rotatable bonds is 8. The van der Waals surface area contributed by atoms with E-state index in [9.17, 15) is 0 Å². The van der Waals surface area contributed by atoms with Crippen molar-refractivity contribution < 1.29 is 4.74 Å². The van der Waals surface area contributed by atoms with E-state index in [1.807, 2.05) is 30.3 Å². The first-order valence-corrected chi connectivity index (χ1v) is 9.14. The van der Waals surface area contributed by atoms with Gasteiger partial charge >= 0.3 is 0 Å². The van der Waals surface area contributed by atoms with Gasteiger partial charge in [-0.3, -0.25) is 0 Å². The van der Waals surface area contributed by atoms with E-state index in [0.717, 1.165) is 65.3 Å². The van der Waals surface area contributed by atoms with Crippen LogP contribution in [0.2, 0.25) is 0 Å². The van der Waals surface area contributed by atoms with Crippen molar-refractivity contribution in [3.05, 3.63) is 42.5 Å². The van der Waals surface area contributed by atoms with E-state index >= 15 is 0 Å². The number of nitrogens with one attached hydrogen (secondary N) is 1. The molecule has 0 aliphatic carbocycles. The zero-order valence-corrected chi connectivity index (χ0v) is 14.7. The molecule has 0 radical (unpaired) electrons. The second-order valence-corrected chi connectivity index (χ2v) is 6.53. The molecule has 1 aromatic heterocycles. The van der Waals surface area contributed by atoms with E-state index in [0.29, 0.717) is 0 Å². The first kappa shape index (κ1) is 16.7. The van der Waals surface area contributed by atoms with Gasteiger partial charge in [0.25, 0.3) is 0 Å². The van der Waals surface area contributed by atoms with E-state index < -0.39 is 0 Å². The lowest BCUT2D eigenvalue weighted by Crippen LogP contribution is -2.14. The summed E-state index contributed by atoms with van der Waals surface area (Å²) in [7, 11) is 0. The van der Waals surface area contributed by atoms with Gasteiger partial charge in [0.1, 0.15) is 5.75 Å². The normalized spacial score (nSPS) is 11.0. The highest BCUT2D eigenvalue weighted by Crippen LogP contribution is 2.33. The molecule has 126 valence electrons. The Morgan fingerprint density at radius 1 is 1.12 bits per heavy atom. The molecule has 0 aliphatic rings. The van der Waals surface area contributed by atoms with Crippen LogP contribution < -0.4 is 15.8 Å². The molecule has 0 unspecified atom stereocenters. The fourth-order valence-corrected chi connectivity index (χ4v) is 3.40. The van der Waals surface area contributed by atoms with Crippen LogP contribution in [-0.4, -0.2) is 24.1 Å². The smallest absolute Gasteiger partial charge is 0.120 e. The van der Waals surface area contributed by atoms with Gasteiger partial charge in [-0.25, -0.2) is 0 Å². The third-order valence-corrected chi connectivity index (χ3v) is 4.70. The number of aromatic nitrogens is 1. The molecule has 0 atom stereocenters. The minimum absolute atomic E-state index is 0.751. The quantitative estimate of drug-likeness (QED) is 0.473. The van der Waals surface area contributed by atoms with Crippen LogP contribution >= 0.6 is 11.5 Å². The Kier molecular flexibility index (Phi) is 5.67. The topological polar surface area (TPSA) is 60.2 Å². The van der Waals surface area contributed by atoms with Gasteiger partial charge in [-0.1, -0.05) is 19.1 Å². The number of nitrogens with two attached hydrogens (primary N) is 1. The Morgan fingerprint density at radius 3 is 2.75 bits per heavy atom. The van der Waals surface area contributed by atoms with Gasteiger partial charge in [-0.15, -0.1) is 0 Å². The number of unbranched alkanes of at least 4 members (excludes halogenated alkanes) is 1. The van der Waals surface area contributed by atoms with Gasteiger partial charge in [-0.05, 0) is 67.8 Å². The van der Waals surface area contributed by atoms with Gasteiger partial charge < -0.3 is 15.8 Å². The van der Waals surface area contributed by atoms with Crippen molar-refractivity contribution in [1.29, 1.82) is 0 Å². The van der Waals surface area contributed by atoms with Crippen molar-refractivity contribution >= 4 is 27.3 Å². The standard InChI is InChI=1S/C19H23N3OS/c1-2-21-11-3-4-12-23-16-9-10-17-18(13-16)24-22-19(17)14-5-7-15(20)8-6-14/h5-10,13,21H,2-4,11-12,20H2,1H3. The van der Waals surface area contributed by atoms with Gasteiger partial charge in [0, 0.05) is 16.6 Å². The summed E-state index contributed by atoms with van der Waals surface area (Å²) in [5, 5.41) is 4.48. The first-order chi connectivity index (χ1) is 11.8. The molecule has 24 heavy (non-hydrogen) atoms. The minimum Gasteiger partial charge on any atom is -0.494 e. The predicted octanol–water partition coefficient (Wildman–Crippen LogP) is 4.31. The maximum Gasteiger partial charge on any atom is 0.120 e. The molecule has 3 aromatic rings. The number of anilines is 1. The van der Waals surface area contributed by atoms with E-state index in [-0.39, 0.29) is 0 Å². The zero-order chi connectivity index (χ0) is 16.8. The second kappa shape index (κ2) is 8.13. The molecule has 2 aromatic carbocycles. The summed E-state index contributed by atoms with van der Waals surface area (Å²) >= 11 is 1.51. The largest absolute Gasteiger partial charge is 0.494 e. The number of ether oxygens (including phenoxy) is 1.